The van der Waals surface area contributed by atoms with Crippen LogP contribution in [0.4, 0.5) is 0 Å². The molecule has 0 radical (unpaired) electrons. The third-order valence-electron chi connectivity index (χ3n) is 11.1. The third kappa shape index (κ3) is 40.1. The lowest BCUT2D eigenvalue weighted by atomic mass is 9.99. The van der Waals surface area contributed by atoms with E-state index in [-0.39, 0.29) is 31.1 Å². The van der Waals surface area contributed by atoms with Crippen LogP contribution in [0.1, 0.15) is 259 Å². The molecule has 0 saturated heterocycles. The van der Waals surface area contributed by atoms with Crippen molar-refractivity contribution in [3.8, 4) is 0 Å². The average Bonchev–Trinajstić information content (AvgIpc) is 3.15. The summed E-state index contributed by atoms with van der Waals surface area (Å²) in [6.07, 6.45) is 39.5. The Balaban J connectivity index is 4.22. The second-order valence-corrected chi connectivity index (χ2v) is 17.1. The van der Waals surface area contributed by atoms with Crippen LogP contribution < -0.4 is 0 Å². The maximum atomic E-state index is 12.6. The van der Waals surface area contributed by atoms with Gasteiger partial charge in [0, 0.05) is 19.3 Å². The summed E-state index contributed by atoms with van der Waals surface area (Å²) in [5.41, 5.74) is 0. The number of carbonyl (C=O) groups is 3. The fourth-order valence-corrected chi connectivity index (χ4v) is 7.07. The van der Waals surface area contributed by atoms with Crippen LogP contribution >= 0.6 is 0 Å². The van der Waals surface area contributed by atoms with Crippen LogP contribution in [0, 0.1) is 11.8 Å². The minimum atomic E-state index is -0.759. The molecule has 0 aliphatic carbocycles. The molecule has 6 heteroatoms. The van der Waals surface area contributed by atoms with Crippen molar-refractivity contribution in [1.82, 2.24) is 0 Å². The van der Waals surface area contributed by atoms with Gasteiger partial charge >= 0.3 is 17.9 Å². The summed E-state index contributed by atoms with van der Waals surface area (Å²) < 4.78 is 16.7. The van der Waals surface area contributed by atoms with Gasteiger partial charge < -0.3 is 14.2 Å². The van der Waals surface area contributed by atoms with Crippen molar-refractivity contribution >= 4 is 17.9 Å². The fraction of sp³-hybridized carbons (Fsp3) is 0.938. The molecule has 54 heavy (non-hydrogen) atoms. The van der Waals surface area contributed by atoms with E-state index in [4.69, 9.17) is 14.2 Å². The number of carbonyl (C=O) groups excluding carboxylic acids is 3. The first-order chi connectivity index (χ1) is 26.3. The molecule has 0 aliphatic heterocycles. The predicted molar refractivity (Wildman–Crippen MR) is 229 cm³/mol. The van der Waals surface area contributed by atoms with Crippen molar-refractivity contribution in [1.29, 1.82) is 0 Å². The zero-order chi connectivity index (χ0) is 39.7. The molecule has 0 bridgehead atoms. The molecule has 0 N–H and O–H groups in total. The highest BCUT2D eigenvalue weighted by Gasteiger charge is 2.19. The van der Waals surface area contributed by atoms with Gasteiger partial charge in [-0.2, -0.15) is 0 Å². The maximum absolute atomic E-state index is 12.6. The quantitative estimate of drug-likeness (QED) is 0.0350. The molecule has 0 aromatic carbocycles. The minimum Gasteiger partial charge on any atom is -0.462 e. The summed E-state index contributed by atoms with van der Waals surface area (Å²) in [5, 5.41) is 0. The van der Waals surface area contributed by atoms with E-state index in [2.05, 4.69) is 34.6 Å². The second kappa shape index (κ2) is 41.1. The Morgan fingerprint density at radius 3 is 1.06 bits per heavy atom. The van der Waals surface area contributed by atoms with Gasteiger partial charge in [-0.3, -0.25) is 14.4 Å². The largest absolute Gasteiger partial charge is 0.462 e. The molecule has 0 saturated carbocycles. The fourth-order valence-electron chi connectivity index (χ4n) is 7.07. The third-order valence-corrected chi connectivity index (χ3v) is 11.1. The van der Waals surface area contributed by atoms with Crippen LogP contribution in [0.15, 0.2) is 0 Å². The van der Waals surface area contributed by atoms with Crippen LogP contribution in [0.2, 0.25) is 0 Å². The summed E-state index contributed by atoms with van der Waals surface area (Å²) in [6, 6.07) is 0. The van der Waals surface area contributed by atoms with Crippen molar-refractivity contribution in [2.24, 2.45) is 11.8 Å². The van der Waals surface area contributed by atoms with Crippen molar-refractivity contribution in [2.45, 2.75) is 265 Å². The highest BCUT2D eigenvalue weighted by molar-refractivity contribution is 5.71. The predicted octanol–water partition coefficient (Wildman–Crippen LogP) is 15.0. The van der Waals surface area contributed by atoms with E-state index in [1.54, 1.807) is 0 Å². The number of hydrogen-bond donors (Lipinski definition) is 0. The second-order valence-electron chi connectivity index (χ2n) is 17.1. The van der Waals surface area contributed by atoms with Crippen LogP contribution in [0.3, 0.4) is 0 Å². The lowest BCUT2D eigenvalue weighted by Crippen LogP contribution is -2.30. The van der Waals surface area contributed by atoms with Crippen LogP contribution in [-0.2, 0) is 28.6 Å². The Kier molecular flexibility index (Phi) is 39.8. The van der Waals surface area contributed by atoms with Gasteiger partial charge in [0.2, 0.25) is 0 Å². The maximum Gasteiger partial charge on any atom is 0.306 e. The molecule has 2 atom stereocenters. The molecule has 0 rings (SSSR count). The van der Waals surface area contributed by atoms with E-state index >= 15 is 0 Å². The molecule has 320 valence electrons. The van der Waals surface area contributed by atoms with E-state index in [0.717, 1.165) is 69.6 Å². The molecule has 0 amide bonds. The van der Waals surface area contributed by atoms with Gasteiger partial charge in [-0.1, -0.05) is 221 Å². The highest BCUT2D eigenvalue weighted by atomic mass is 16.6. The van der Waals surface area contributed by atoms with Crippen molar-refractivity contribution < 1.29 is 28.6 Å². The topological polar surface area (TPSA) is 78.9 Å². The van der Waals surface area contributed by atoms with Gasteiger partial charge in [0.25, 0.3) is 0 Å². The monoisotopic (exact) mass is 765 g/mol. The molecule has 1 unspecified atom stereocenters. The Morgan fingerprint density at radius 2 is 0.704 bits per heavy atom. The lowest BCUT2D eigenvalue weighted by Gasteiger charge is -2.18. The van der Waals surface area contributed by atoms with Crippen LogP contribution in [-0.4, -0.2) is 37.2 Å². The standard InChI is InChI=1S/C48H92O6/c1-6-8-9-10-21-30-35-40-48(51)54-45(42-53-47(50)39-34-29-25-20-16-15-18-23-27-32-37-44(5)7-2)41-52-46(49)38-33-28-24-19-14-12-11-13-17-22-26-31-36-43(3)4/h43-45H,6-42H2,1-5H3/t44?,45-/m1/s1. The Labute approximate surface area is 336 Å². The van der Waals surface area contributed by atoms with Crippen LogP contribution in [0.5, 0.6) is 0 Å². The lowest BCUT2D eigenvalue weighted by molar-refractivity contribution is -0.167. The Morgan fingerprint density at radius 1 is 0.389 bits per heavy atom. The Bertz CT molecular complexity index is 826. The van der Waals surface area contributed by atoms with Gasteiger partial charge in [-0.05, 0) is 31.1 Å². The number of rotatable bonds is 42. The summed E-state index contributed by atoms with van der Waals surface area (Å²) in [4.78, 5) is 37.6. The minimum absolute atomic E-state index is 0.0650. The van der Waals surface area contributed by atoms with Crippen molar-refractivity contribution in [2.75, 3.05) is 13.2 Å². The van der Waals surface area contributed by atoms with Gasteiger partial charge in [0.05, 0.1) is 0 Å². The van der Waals surface area contributed by atoms with Gasteiger partial charge in [0.15, 0.2) is 6.10 Å². The van der Waals surface area contributed by atoms with Gasteiger partial charge in [-0.15, -0.1) is 0 Å². The van der Waals surface area contributed by atoms with Crippen LogP contribution in [0.25, 0.3) is 0 Å². The molecule has 0 aromatic heterocycles. The molecule has 6 nitrogen and oxygen atoms in total. The van der Waals surface area contributed by atoms with E-state index < -0.39 is 6.10 Å². The molecule has 0 spiro atoms. The van der Waals surface area contributed by atoms with E-state index in [9.17, 15) is 14.4 Å². The number of ether oxygens (including phenoxy) is 3. The summed E-state index contributed by atoms with van der Waals surface area (Å²) in [5.74, 6) is 0.843. The summed E-state index contributed by atoms with van der Waals surface area (Å²) in [7, 11) is 0. The molecular formula is C48H92O6. The zero-order valence-corrected chi connectivity index (χ0v) is 36.8. The van der Waals surface area contributed by atoms with Crippen molar-refractivity contribution in [3.05, 3.63) is 0 Å². The van der Waals surface area contributed by atoms with E-state index in [0.29, 0.717) is 19.3 Å². The highest BCUT2D eigenvalue weighted by Crippen LogP contribution is 2.17. The zero-order valence-electron chi connectivity index (χ0n) is 36.8. The molecular weight excluding hydrogens is 673 g/mol. The molecule has 0 aromatic rings. The SMILES string of the molecule is CCCCCCCCCC(=O)O[C@H](COC(=O)CCCCCCCCCCCCCCC(C)C)COC(=O)CCCCCCCCCCCCC(C)CC. The average molecular weight is 765 g/mol. The number of unbranched alkanes of at least 4 members (excludes halogenated alkanes) is 26. The number of esters is 3. The molecule has 0 aliphatic rings. The van der Waals surface area contributed by atoms with Crippen molar-refractivity contribution in [3.63, 3.8) is 0 Å². The van der Waals surface area contributed by atoms with E-state index in [1.807, 2.05) is 0 Å². The summed E-state index contributed by atoms with van der Waals surface area (Å²) >= 11 is 0. The van der Waals surface area contributed by atoms with Gasteiger partial charge in [-0.25, -0.2) is 0 Å². The normalized spacial score (nSPS) is 12.6. The van der Waals surface area contributed by atoms with Gasteiger partial charge in [0.1, 0.15) is 13.2 Å². The first-order valence-corrected chi connectivity index (χ1v) is 23.8. The smallest absolute Gasteiger partial charge is 0.306 e. The first kappa shape index (κ1) is 52.4. The Hall–Kier alpha value is -1.59. The first-order valence-electron chi connectivity index (χ1n) is 23.8. The van der Waals surface area contributed by atoms with E-state index in [1.165, 1.54) is 148 Å². The molecule has 0 fully saturated rings. The number of hydrogen-bond acceptors (Lipinski definition) is 6. The molecule has 0 heterocycles. The summed E-state index contributed by atoms with van der Waals surface area (Å²) in [6.45, 7) is 11.3.